The van der Waals surface area contributed by atoms with Crippen LogP contribution < -0.4 is 15.8 Å². The van der Waals surface area contributed by atoms with Crippen molar-refractivity contribution in [2.24, 2.45) is 5.92 Å². The van der Waals surface area contributed by atoms with Crippen molar-refractivity contribution in [1.29, 1.82) is 0 Å². The topological polar surface area (TPSA) is 82.8 Å². The van der Waals surface area contributed by atoms with Crippen LogP contribution in [0.2, 0.25) is 0 Å². The molecule has 4 rings (SSSR count). The van der Waals surface area contributed by atoms with Crippen LogP contribution in [0.15, 0.2) is 41.2 Å². The zero-order valence-corrected chi connectivity index (χ0v) is 20.2. The molecule has 1 N–H and O–H groups in total. The van der Waals surface area contributed by atoms with Crippen molar-refractivity contribution in [3.8, 4) is 0 Å². The third kappa shape index (κ3) is 5.97. The van der Waals surface area contributed by atoms with Gasteiger partial charge < -0.3 is 10.2 Å². The molecule has 3 aromatic rings. The number of hydrogen-bond donors (Lipinski definition) is 1. The molecule has 1 fully saturated rings. The van der Waals surface area contributed by atoms with Gasteiger partial charge in [0.05, 0.1) is 5.92 Å². The minimum absolute atomic E-state index is 0.0659. The summed E-state index contributed by atoms with van der Waals surface area (Å²) in [5.41, 5.74) is 1.84. The molecule has 33 heavy (non-hydrogen) atoms. The first-order valence-electron chi connectivity index (χ1n) is 11.7. The van der Waals surface area contributed by atoms with Crippen LogP contribution in [0.5, 0.6) is 0 Å². The maximum absolute atomic E-state index is 12.8. The number of fused-ring (bicyclic) bond motifs is 1. The van der Waals surface area contributed by atoms with Crippen molar-refractivity contribution in [3.05, 3.63) is 58.0 Å². The summed E-state index contributed by atoms with van der Waals surface area (Å²) in [5, 5.41) is 8.34. The van der Waals surface area contributed by atoms with E-state index in [2.05, 4.69) is 56.4 Å². The zero-order chi connectivity index (χ0) is 23.2. The highest BCUT2D eigenvalue weighted by atomic mass is 32.1. The van der Waals surface area contributed by atoms with Crippen molar-refractivity contribution >= 4 is 27.3 Å². The average Bonchev–Trinajstić information content (AvgIpc) is 3.26. The number of aryl methyl sites for hydroxylation is 1. The van der Waals surface area contributed by atoms with Crippen LogP contribution in [-0.2, 0) is 11.3 Å². The van der Waals surface area contributed by atoms with Gasteiger partial charge in [0.2, 0.25) is 16.0 Å². The fraction of sp³-hybridized carbons (Fsp3) is 0.500. The number of anilines is 1. The van der Waals surface area contributed by atoms with Crippen LogP contribution in [0.25, 0.3) is 4.96 Å². The molecule has 1 aliphatic rings. The normalized spacial score (nSPS) is 16.5. The second-order valence-electron chi connectivity index (χ2n) is 8.60. The molecule has 0 spiro atoms. The van der Waals surface area contributed by atoms with E-state index in [9.17, 15) is 9.59 Å². The molecule has 8 nitrogen and oxygen atoms in total. The van der Waals surface area contributed by atoms with Gasteiger partial charge in [-0.05, 0) is 38.3 Å². The molecular formula is C24H32N6O2S. The van der Waals surface area contributed by atoms with E-state index in [1.165, 1.54) is 27.5 Å². The number of nitrogens with zero attached hydrogens (tertiary/aromatic N) is 5. The van der Waals surface area contributed by atoms with Crippen LogP contribution in [0.1, 0.15) is 37.4 Å². The number of aromatic nitrogens is 3. The van der Waals surface area contributed by atoms with Crippen LogP contribution >= 0.6 is 11.3 Å². The first-order chi connectivity index (χ1) is 16.0. The monoisotopic (exact) mass is 468 g/mol. The number of piperidine rings is 1. The van der Waals surface area contributed by atoms with Crippen molar-refractivity contribution in [3.63, 3.8) is 0 Å². The molecule has 0 aliphatic carbocycles. The predicted octanol–water partition coefficient (Wildman–Crippen LogP) is 2.70. The summed E-state index contributed by atoms with van der Waals surface area (Å²) in [6, 6.07) is 12.0. The number of hydrogen-bond acceptors (Lipinski definition) is 7. The Kier molecular flexibility index (Phi) is 7.72. The number of rotatable bonds is 9. The molecule has 0 radical (unpaired) electrons. The minimum Gasteiger partial charge on any atom is -0.356 e. The fourth-order valence-electron chi connectivity index (χ4n) is 4.25. The third-order valence-corrected chi connectivity index (χ3v) is 7.04. The second kappa shape index (κ2) is 10.9. The highest BCUT2D eigenvalue weighted by molar-refractivity contribution is 7.20. The summed E-state index contributed by atoms with van der Waals surface area (Å²) in [4.78, 5) is 34.5. The number of benzene rings is 1. The SMILES string of the molecule is CCN(CCCNC(=O)[C@@H]1CCCN(c2nn3c(=O)cc(C)nc3s2)C1)Cc1ccccc1. The van der Waals surface area contributed by atoms with Crippen LogP contribution in [-0.4, -0.2) is 58.1 Å². The lowest BCUT2D eigenvalue weighted by molar-refractivity contribution is -0.125. The molecule has 1 saturated heterocycles. The standard InChI is InChI=1S/C24H32N6O2S/c1-3-28(16-19-9-5-4-6-10-19)13-8-12-25-22(32)20-11-7-14-29(17-20)24-27-30-21(31)15-18(2)26-23(30)33-24/h4-6,9-10,15,20H,3,7-8,11-14,16-17H2,1-2H3,(H,25,32)/t20-/m1/s1. The van der Waals surface area contributed by atoms with E-state index >= 15 is 0 Å². The molecule has 9 heteroatoms. The maximum Gasteiger partial charge on any atom is 0.275 e. The van der Waals surface area contributed by atoms with Gasteiger partial charge in [0.1, 0.15) is 0 Å². The highest BCUT2D eigenvalue weighted by Gasteiger charge is 2.27. The quantitative estimate of drug-likeness (QED) is 0.486. The Hall–Kier alpha value is -2.78. The minimum atomic E-state index is -0.167. The van der Waals surface area contributed by atoms with E-state index < -0.39 is 0 Å². The first-order valence-corrected chi connectivity index (χ1v) is 12.5. The van der Waals surface area contributed by atoms with Crippen molar-refractivity contribution in [1.82, 2.24) is 24.8 Å². The van der Waals surface area contributed by atoms with Crippen LogP contribution in [0.4, 0.5) is 5.13 Å². The Morgan fingerprint density at radius 3 is 2.91 bits per heavy atom. The van der Waals surface area contributed by atoms with Gasteiger partial charge in [-0.2, -0.15) is 4.52 Å². The van der Waals surface area contributed by atoms with E-state index in [4.69, 9.17) is 0 Å². The van der Waals surface area contributed by atoms with E-state index in [-0.39, 0.29) is 17.4 Å². The van der Waals surface area contributed by atoms with Gasteiger partial charge >= 0.3 is 0 Å². The van der Waals surface area contributed by atoms with Gasteiger partial charge in [-0.3, -0.25) is 14.5 Å². The molecule has 3 heterocycles. The molecular weight excluding hydrogens is 436 g/mol. The van der Waals surface area contributed by atoms with Gasteiger partial charge in [-0.25, -0.2) is 4.98 Å². The van der Waals surface area contributed by atoms with Crippen molar-refractivity contribution in [2.75, 3.05) is 37.6 Å². The summed E-state index contributed by atoms with van der Waals surface area (Å²) < 4.78 is 1.35. The van der Waals surface area contributed by atoms with Crippen LogP contribution in [0.3, 0.4) is 0 Å². The molecule has 1 aromatic carbocycles. The first kappa shape index (κ1) is 23.4. The average molecular weight is 469 g/mol. The van der Waals surface area contributed by atoms with Gasteiger partial charge in [0.25, 0.3) is 5.56 Å². The van der Waals surface area contributed by atoms with Gasteiger partial charge in [0.15, 0.2) is 0 Å². The second-order valence-corrected chi connectivity index (χ2v) is 9.53. The Labute approximate surface area is 198 Å². The summed E-state index contributed by atoms with van der Waals surface area (Å²) in [5.74, 6) is 0.0434. The summed E-state index contributed by atoms with van der Waals surface area (Å²) >= 11 is 1.40. The maximum atomic E-state index is 12.8. The van der Waals surface area contributed by atoms with E-state index in [1.807, 2.05) is 13.0 Å². The third-order valence-electron chi connectivity index (χ3n) is 6.07. The molecule has 0 saturated carbocycles. The largest absolute Gasteiger partial charge is 0.356 e. The van der Waals surface area contributed by atoms with E-state index in [1.54, 1.807) is 0 Å². The Bertz CT molecular complexity index is 1130. The fourth-order valence-corrected chi connectivity index (χ4v) is 5.24. The molecule has 2 aromatic heterocycles. The molecule has 1 atom stereocenters. The lowest BCUT2D eigenvalue weighted by atomic mass is 9.97. The molecule has 1 aliphatic heterocycles. The summed E-state index contributed by atoms with van der Waals surface area (Å²) in [7, 11) is 0. The highest BCUT2D eigenvalue weighted by Crippen LogP contribution is 2.27. The lowest BCUT2D eigenvalue weighted by Gasteiger charge is -2.31. The summed E-state index contributed by atoms with van der Waals surface area (Å²) in [6.07, 6.45) is 2.73. The molecule has 0 bridgehead atoms. The van der Waals surface area contributed by atoms with Crippen molar-refractivity contribution < 1.29 is 4.79 Å². The van der Waals surface area contributed by atoms with Gasteiger partial charge in [-0.1, -0.05) is 48.6 Å². The van der Waals surface area contributed by atoms with Crippen molar-refractivity contribution in [2.45, 2.75) is 39.7 Å². The van der Waals surface area contributed by atoms with E-state index in [0.717, 1.165) is 50.6 Å². The number of carbonyl (C=O) groups excluding carboxylic acids is 1. The van der Waals surface area contributed by atoms with Crippen LogP contribution in [0, 0.1) is 12.8 Å². The Morgan fingerprint density at radius 1 is 1.30 bits per heavy atom. The smallest absolute Gasteiger partial charge is 0.275 e. The number of carbonyl (C=O) groups is 1. The summed E-state index contributed by atoms with van der Waals surface area (Å²) in [6.45, 7) is 8.99. The predicted molar refractivity (Wildman–Crippen MR) is 132 cm³/mol. The molecule has 1 amide bonds. The van der Waals surface area contributed by atoms with E-state index in [0.29, 0.717) is 23.7 Å². The number of amides is 1. The molecule has 176 valence electrons. The molecule has 0 unspecified atom stereocenters. The number of nitrogens with one attached hydrogen (secondary N) is 1. The van der Waals surface area contributed by atoms with Gasteiger partial charge in [-0.15, -0.1) is 5.10 Å². The van der Waals surface area contributed by atoms with Gasteiger partial charge in [0, 0.05) is 44.5 Å². The Morgan fingerprint density at radius 2 is 2.12 bits per heavy atom. The Balaban J connectivity index is 1.26. The zero-order valence-electron chi connectivity index (χ0n) is 19.4. The lowest BCUT2D eigenvalue weighted by Crippen LogP contribution is -2.43.